The summed E-state index contributed by atoms with van der Waals surface area (Å²) in [6.45, 7) is 3.97. The van der Waals surface area contributed by atoms with Crippen LogP contribution >= 0.6 is 11.3 Å². The molecule has 1 N–H and O–H groups in total. The Bertz CT molecular complexity index is 1100. The van der Waals surface area contributed by atoms with Crippen molar-refractivity contribution in [2.24, 2.45) is 0 Å². The Morgan fingerprint density at radius 1 is 1.07 bits per heavy atom. The van der Waals surface area contributed by atoms with E-state index in [-0.39, 0.29) is 5.91 Å². The number of benzene rings is 2. The zero-order valence-corrected chi connectivity index (χ0v) is 16.4. The number of thiophene rings is 1. The molecule has 0 atom stereocenters. The second-order valence-electron chi connectivity index (χ2n) is 6.65. The smallest absolute Gasteiger partial charge is 0.255 e. The molecule has 4 aromatic rings. The predicted octanol–water partition coefficient (Wildman–Crippen LogP) is 5.26. The van der Waals surface area contributed by atoms with Crippen LogP contribution in [0.1, 0.15) is 32.9 Å². The topological polar surface area (TPSA) is 68.0 Å². The number of nitrogens with one attached hydrogen (secondary N) is 1. The first-order chi connectivity index (χ1) is 13.6. The number of amides is 1. The molecule has 28 heavy (non-hydrogen) atoms. The Labute approximate surface area is 167 Å². The molecule has 4 rings (SSSR count). The van der Waals surface area contributed by atoms with E-state index in [0.717, 1.165) is 27.3 Å². The number of aryl methyl sites for hydroxylation is 2. The number of para-hydroxylation sites is 1. The van der Waals surface area contributed by atoms with Gasteiger partial charge < -0.3 is 9.84 Å². The number of anilines is 1. The van der Waals surface area contributed by atoms with Crippen molar-refractivity contribution in [1.82, 2.24) is 10.1 Å². The molecule has 6 heteroatoms. The molecule has 0 fully saturated rings. The number of aromatic nitrogens is 2. The minimum absolute atomic E-state index is 0.135. The summed E-state index contributed by atoms with van der Waals surface area (Å²) in [5.41, 5.74) is 4.42. The van der Waals surface area contributed by atoms with Gasteiger partial charge in [0.25, 0.3) is 5.91 Å². The number of hydrogen-bond acceptors (Lipinski definition) is 5. The Hall–Kier alpha value is -3.25. The van der Waals surface area contributed by atoms with Gasteiger partial charge in [0.2, 0.25) is 11.7 Å². The van der Waals surface area contributed by atoms with Crippen LogP contribution in [0.5, 0.6) is 0 Å². The van der Waals surface area contributed by atoms with Gasteiger partial charge in [-0.05, 0) is 49.1 Å². The lowest BCUT2D eigenvalue weighted by atomic mass is 10.1. The van der Waals surface area contributed by atoms with Crippen LogP contribution in [-0.2, 0) is 6.42 Å². The highest BCUT2D eigenvalue weighted by atomic mass is 32.1. The molecule has 1 amide bonds. The van der Waals surface area contributed by atoms with Crippen molar-refractivity contribution in [3.63, 3.8) is 0 Å². The number of carbonyl (C=O) groups excluding carboxylic acids is 1. The number of carbonyl (C=O) groups is 1. The fraction of sp³-hybridized carbons (Fsp3) is 0.136. The van der Waals surface area contributed by atoms with Gasteiger partial charge >= 0.3 is 0 Å². The SMILES string of the molecule is Cc1cc(C)cc(C(=O)Nc2ccccc2Cc2nc(-c3cccs3)no2)c1. The van der Waals surface area contributed by atoms with E-state index in [4.69, 9.17) is 4.52 Å². The third-order valence-electron chi connectivity index (χ3n) is 4.30. The summed E-state index contributed by atoms with van der Waals surface area (Å²) < 4.78 is 5.40. The minimum atomic E-state index is -0.135. The molecule has 140 valence electrons. The lowest BCUT2D eigenvalue weighted by Gasteiger charge is -2.11. The monoisotopic (exact) mass is 389 g/mol. The molecule has 2 heterocycles. The molecule has 0 aliphatic heterocycles. The van der Waals surface area contributed by atoms with E-state index >= 15 is 0 Å². The fourth-order valence-electron chi connectivity index (χ4n) is 3.09. The molecule has 2 aromatic heterocycles. The third-order valence-corrected chi connectivity index (χ3v) is 5.17. The zero-order chi connectivity index (χ0) is 19.5. The van der Waals surface area contributed by atoms with Gasteiger partial charge in [0, 0.05) is 11.3 Å². The molecule has 0 radical (unpaired) electrons. The van der Waals surface area contributed by atoms with E-state index in [9.17, 15) is 4.79 Å². The predicted molar refractivity (Wildman–Crippen MR) is 111 cm³/mol. The van der Waals surface area contributed by atoms with E-state index in [1.165, 1.54) is 0 Å². The molecule has 0 saturated heterocycles. The van der Waals surface area contributed by atoms with Crippen LogP contribution in [0.15, 0.2) is 64.5 Å². The molecule has 2 aromatic carbocycles. The van der Waals surface area contributed by atoms with Crippen LogP contribution in [0, 0.1) is 13.8 Å². The van der Waals surface area contributed by atoms with Crippen molar-refractivity contribution < 1.29 is 9.32 Å². The van der Waals surface area contributed by atoms with Crippen LogP contribution in [0.4, 0.5) is 5.69 Å². The highest BCUT2D eigenvalue weighted by molar-refractivity contribution is 7.13. The van der Waals surface area contributed by atoms with E-state index in [0.29, 0.717) is 23.7 Å². The van der Waals surface area contributed by atoms with E-state index in [1.807, 2.05) is 73.8 Å². The van der Waals surface area contributed by atoms with Crippen LogP contribution in [0.25, 0.3) is 10.7 Å². The highest BCUT2D eigenvalue weighted by Gasteiger charge is 2.14. The Morgan fingerprint density at radius 2 is 1.86 bits per heavy atom. The van der Waals surface area contributed by atoms with Crippen LogP contribution in [-0.4, -0.2) is 16.0 Å². The van der Waals surface area contributed by atoms with Crippen molar-refractivity contribution in [2.75, 3.05) is 5.32 Å². The molecule has 0 bridgehead atoms. The van der Waals surface area contributed by atoms with Gasteiger partial charge in [0.15, 0.2) is 0 Å². The number of rotatable bonds is 5. The highest BCUT2D eigenvalue weighted by Crippen LogP contribution is 2.24. The standard InChI is InChI=1S/C22H19N3O2S/c1-14-10-15(2)12-17(11-14)22(26)23-18-7-4-3-6-16(18)13-20-24-21(25-27-20)19-8-5-9-28-19/h3-12H,13H2,1-2H3,(H,23,26). The molecule has 5 nitrogen and oxygen atoms in total. The summed E-state index contributed by atoms with van der Waals surface area (Å²) >= 11 is 1.57. The summed E-state index contributed by atoms with van der Waals surface area (Å²) in [4.78, 5) is 18.2. The second kappa shape index (κ2) is 7.78. The van der Waals surface area contributed by atoms with Gasteiger partial charge in [-0.1, -0.05) is 46.6 Å². The van der Waals surface area contributed by atoms with Crippen LogP contribution in [0.3, 0.4) is 0 Å². The van der Waals surface area contributed by atoms with Gasteiger partial charge in [-0.15, -0.1) is 11.3 Å². The average molecular weight is 389 g/mol. The first-order valence-electron chi connectivity index (χ1n) is 8.92. The van der Waals surface area contributed by atoms with E-state index in [1.54, 1.807) is 11.3 Å². The largest absolute Gasteiger partial charge is 0.339 e. The molecule has 0 aliphatic rings. The van der Waals surface area contributed by atoms with Crippen molar-refractivity contribution in [3.05, 3.63) is 88.1 Å². The summed E-state index contributed by atoms with van der Waals surface area (Å²) in [6, 6.07) is 17.4. The van der Waals surface area contributed by atoms with Crippen molar-refractivity contribution in [2.45, 2.75) is 20.3 Å². The maximum absolute atomic E-state index is 12.7. The first kappa shape index (κ1) is 18.1. The first-order valence-corrected chi connectivity index (χ1v) is 9.80. The third kappa shape index (κ3) is 4.02. The van der Waals surface area contributed by atoms with Crippen molar-refractivity contribution in [1.29, 1.82) is 0 Å². The van der Waals surface area contributed by atoms with E-state index in [2.05, 4.69) is 15.5 Å². The summed E-state index contributed by atoms with van der Waals surface area (Å²) in [7, 11) is 0. The number of hydrogen-bond donors (Lipinski definition) is 1. The Balaban J connectivity index is 1.55. The molecule has 0 saturated carbocycles. The summed E-state index contributed by atoms with van der Waals surface area (Å²) in [5, 5.41) is 9.03. The maximum atomic E-state index is 12.7. The normalized spacial score (nSPS) is 10.8. The molecule has 0 spiro atoms. The lowest BCUT2D eigenvalue weighted by Crippen LogP contribution is -2.14. The summed E-state index contributed by atoms with van der Waals surface area (Å²) in [6.07, 6.45) is 0.446. The second-order valence-corrected chi connectivity index (χ2v) is 7.60. The maximum Gasteiger partial charge on any atom is 0.255 e. The zero-order valence-electron chi connectivity index (χ0n) is 15.6. The van der Waals surface area contributed by atoms with Crippen molar-refractivity contribution in [3.8, 4) is 10.7 Å². The van der Waals surface area contributed by atoms with Crippen molar-refractivity contribution >= 4 is 22.9 Å². The van der Waals surface area contributed by atoms with E-state index < -0.39 is 0 Å². The number of nitrogens with zero attached hydrogens (tertiary/aromatic N) is 2. The van der Waals surface area contributed by atoms with Gasteiger partial charge in [-0.3, -0.25) is 4.79 Å². The molecule has 0 aliphatic carbocycles. The van der Waals surface area contributed by atoms with Crippen LogP contribution < -0.4 is 5.32 Å². The van der Waals surface area contributed by atoms with Gasteiger partial charge in [-0.2, -0.15) is 4.98 Å². The molecular formula is C22H19N3O2S. The Morgan fingerprint density at radius 3 is 2.61 bits per heavy atom. The summed E-state index contributed by atoms with van der Waals surface area (Å²) in [5.74, 6) is 0.960. The van der Waals surface area contributed by atoms with Gasteiger partial charge in [0.05, 0.1) is 11.3 Å². The lowest BCUT2D eigenvalue weighted by molar-refractivity contribution is 0.102. The average Bonchev–Trinajstić information content (AvgIpc) is 3.34. The quantitative estimate of drug-likeness (QED) is 0.506. The molecular weight excluding hydrogens is 370 g/mol. The van der Waals surface area contributed by atoms with Crippen LogP contribution in [0.2, 0.25) is 0 Å². The Kier molecular flexibility index (Phi) is 5.04. The fourth-order valence-corrected chi connectivity index (χ4v) is 3.74. The minimum Gasteiger partial charge on any atom is -0.339 e. The molecule has 0 unspecified atom stereocenters. The van der Waals surface area contributed by atoms with Gasteiger partial charge in [-0.25, -0.2) is 0 Å². The van der Waals surface area contributed by atoms with Gasteiger partial charge in [0.1, 0.15) is 0 Å².